The number of alkyl halides is 1. The molecule has 1 aliphatic rings. The summed E-state index contributed by atoms with van der Waals surface area (Å²) in [5.74, 6) is 0.406. The average molecular weight is 269 g/mol. The van der Waals surface area contributed by atoms with Crippen LogP contribution in [0.3, 0.4) is 0 Å². The number of halogens is 1. The van der Waals surface area contributed by atoms with Gasteiger partial charge in [0.05, 0.1) is 0 Å². The summed E-state index contributed by atoms with van der Waals surface area (Å²) in [5.41, 5.74) is 0.680. The third-order valence-electron chi connectivity index (χ3n) is 2.36. The third-order valence-corrected chi connectivity index (χ3v) is 2.76. The number of fused-ring (bicyclic) bond motifs is 1. The Morgan fingerprint density at radius 1 is 1.33 bits per heavy atom. The summed E-state index contributed by atoms with van der Waals surface area (Å²) >= 11 is 3.30. The van der Waals surface area contributed by atoms with Crippen molar-refractivity contribution in [3.63, 3.8) is 0 Å². The molecule has 78 valence electrons. The van der Waals surface area contributed by atoms with Gasteiger partial charge in [-0.15, -0.1) is 0 Å². The first-order valence-corrected chi connectivity index (χ1v) is 5.65. The van der Waals surface area contributed by atoms with E-state index in [0.717, 1.165) is 11.2 Å². The standard InChI is InChI=1S/C10H9BrN2O2/c1-13-8(4-5-11)12-9-6(14)2-3-7(15)10(9)13/h2-3H,4-5H2,1H3. The number of ketones is 2. The normalized spacial score (nSPS) is 14.5. The molecule has 0 unspecified atom stereocenters. The first kappa shape index (κ1) is 10.3. The van der Waals surface area contributed by atoms with E-state index >= 15 is 0 Å². The monoisotopic (exact) mass is 268 g/mol. The molecule has 0 aliphatic heterocycles. The molecule has 0 fully saturated rings. The van der Waals surface area contributed by atoms with E-state index < -0.39 is 0 Å². The van der Waals surface area contributed by atoms with Crippen LogP contribution >= 0.6 is 15.9 Å². The van der Waals surface area contributed by atoms with Crippen LogP contribution in [0.5, 0.6) is 0 Å². The van der Waals surface area contributed by atoms with Crippen molar-refractivity contribution in [2.45, 2.75) is 6.42 Å². The van der Waals surface area contributed by atoms with Gasteiger partial charge in [0.15, 0.2) is 0 Å². The zero-order valence-corrected chi connectivity index (χ0v) is 9.74. The highest BCUT2D eigenvalue weighted by Gasteiger charge is 2.26. The van der Waals surface area contributed by atoms with Crippen molar-refractivity contribution in [2.75, 3.05) is 5.33 Å². The molecule has 1 aromatic heterocycles. The molecule has 1 aliphatic carbocycles. The van der Waals surface area contributed by atoms with Gasteiger partial charge in [0.2, 0.25) is 11.6 Å². The lowest BCUT2D eigenvalue weighted by Crippen LogP contribution is -2.14. The zero-order valence-electron chi connectivity index (χ0n) is 8.16. The van der Waals surface area contributed by atoms with E-state index in [1.54, 1.807) is 11.6 Å². The highest BCUT2D eigenvalue weighted by Crippen LogP contribution is 2.17. The number of hydrogen-bond donors (Lipinski definition) is 0. The number of carbonyl (C=O) groups excluding carboxylic acids is 2. The predicted octanol–water partition coefficient (Wildman–Crippen LogP) is 1.29. The van der Waals surface area contributed by atoms with Gasteiger partial charge in [-0.2, -0.15) is 0 Å². The minimum absolute atomic E-state index is 0.152. The van der Waals surface area contributed by atoms with E-state index in [0.29, 0.717) is 12.1 Å². The molecule has 1 aromatic rings. The van der Waals surface area contributed by atoms with Crippen LogP contribution in [-0.2, 0) is 13.5 Å². The fourth-order valence-electron chi connectivity index (χ4n) is 1.62. The number of allylic oxidation sites excluding steroid dienone is 2. The Morgan fingerprint density at radius 3 is 2.60 bits per heavy atom. The fourth-order valence-corrected chi connectivity index (χ4v) is 1.97. The molecule has 0 saturated carbocycles. The van der Waals surface area contributed by atoms with E-state index in [2.05, 4.69) is 20.9 Å². The molecule has 0 radical (unpaired) electrons. The van der Waals surface area contributed by atoms with Crippen LogP contribution in [0.1, 0.15) is 26.8 Å². The minimum Gasteiger partial charge on any atom is -0.328 e. The Bertz CT molecular complexity index is 474. The molecule has 1 heterocycles. The van der Waals surface area contributed by atoms with Gasteiger partial charge in [0.25, 0.3) is 0 Å². The van der Waals surface area contributed by atoms with Gasteiger partial charge in [0.1, 0.15) is 17.2 Å². The highest BCUT2D eigenvalue weighted by atomic mass is 79.9. The van der Waals surface area contributed by atoms with Crippen molar-refractivity contribution in [3.8, 4) is 0 Å². The Hall–Kier alpha value is -1.23. The molecule has 4 nitrogen and oxygen atoms in total. The van der Waals surface area contributed by atoms with E-state index in [-0.39, 0.29) is 17.3 Å². The summed E-state index contributed by atoms with van der Waals surface area (Å²) in [6.45, 7) is 0. The Labute approximate surface area is 95.1 Å². The first-order valence-electron chi connectivity index (χ1n) is 4.53. The molecule has 0 atom stereocenters. The van der Waals surface area contributed by atoms with Crippen LogP contribution in [-0.4, -0.2) is 26.4 Å². The zero-order chi connectivity index (χ0) is 11.0. The lowest BCUT2D eigenvalue weighted by atomic mass is 10.1. The summed E-state index contributed by atoms with van der Waals surface area (Å²) in [7, 11) is 1.76. The number of nitrogens with zero attached hydrogens (tertiary/aromatic N) is 2. The average Bonchev–Trinajstić information content (AvgIpc) is 2.53. The molecule has 0 bridgehead atoms. The van der Waals surface area contributed by atoms with E-state index in [4.69, 9.17) is 0 Å². The fraction of sp³-hybridized carbons (Fsp3) is 0.300. The molecule has 5 heteroatoms. The quantitative estimate of drug-likeness (QED) is 0.760. The smallest absolute Gasteiger partial charge is 0.206 e. The van der Waals surface area contributed by atoms with Crippen LogP contribution in [0.4, 0.5) is 0 Å². The maximum atomic E-state index is 11.6. The van der Waals surface area contributed by atoms with Crippen molar-refractivity contribution >= 4 is 27.5 Å². The molecule has 0 saturated heterocycles. The van der Waals surface area contributed by atoms with Gasteiger partial charge in [-0.3, -0.25) is 9.59 Å². The van der Waals surface area contributed by atoms with E-state index in [1.165, 1.54) is 12.2 Å². The van der Waals surface area contributed by atoms with Crippen molar-refractivity contribution in [2.24, 2.45) is 7.05 Å². The Balaban J connectivity index is 2.57. The van der Waals surface area contributed by atoms with Crippen molar-refractivity contribution in [1.82, 2.24) is 9.55 Å². The maximum absolute atomic E-state index is 11.6. The number of aromatic nitrogens is 2. The molecule has 0 spiro atoms. The molecular weight excluding hydrogens is 260 g/mol. The number of rotatable bonds is 2. The summed E-state index contributed by atoms with van der Waals surface area (Å²) in [4.78, 5) is 27.2. The van der Waals surface area contributed by atoms with Crippen LogP contribution < -0.4 is 0 Å². The van der Waals surface area contributed by atoms with Crippen LogP contribution in [0, 0.1) is 0 Å². The number of aryl methyl sites for hydroxylation is 1. The van der Waals surface area contributed by atoms with Gasteiger partial charge in [-0.05, 0) is 12.2 Å². The summed E-state index contributed by atoms with van der Waals surface area (Å²) < 4.78 is 1.69. The lowest BCUT2D eigenvalue weighted by Gasteiger charge is -2.04. The predicted molar refractivity (Wildman–Crippen MR) is 58.5 cm³/mol. The second kappa shape index (κ2) is 3.73. The van der Waals surface area contributed by atoms with Crippen molar-refractivity contribution in [3.05, 3.63) is 29.4 Å². The van der Waals surface area contributed by atoms with E-state index in [9.17, 15) is 9.59 Å². The third kappa shape index (κ3) is 1.56. The molecule has 0 amide bonds. The molecule has 0 N–H and O–H groups in total. The van der Waals surface area contributed by atoms with Gasteiger partial charge < -0.3 is 4.57 Å². The summed E-state index contributed by atoms with van der Waals surface area (Å²) in [6.07, 6.45) is 3.27. The largest absolute Gasteiger partial charge is 0.328 e. The van der Waals surface area contributed by atoms with Crippen molar-refractivity contribution in [1.29, 1.82) is 0 Å². The molecule has 2 rings (SSSR count). The summed E-state index contributed by atoms with van der Waals surface area (Å²) in [5, 5.41) is 0.756. The van der Waals surface area contributed by atoms with Gasteiger partial charge in [-0.25, -0.2) is 4.98 Å². The second-order valence-corrected chi connectivity index (χ2v) is 4.08. The molecule has 15 heavy (non-hydrogen) atoms. The highest BCUT2D eigenvalue weighted by molar-refractivity contribution is 9.09. The molecule has 0 aromatic carbocycles. The maximum Gasteiger partial charge on any atom is 0.206 e. The van der Waals surface area contributed by atoms with Gasteiger partial charge in [0, 0.05) is 18.8 Å². The van der Waals surface area contributed by atoms with Gasteiger partial charge >= 0.3 is 0 Å². The second-order valence-electron chi connectivity index (χ2n) is 3.29. The van der Waals surface area contributed by atoms with Gasteiger partial charge in [-0.1, -0.05) is 15.9 Å². The van der Waals surface area contributed by atoms with Crippen LogP contribution in [0.2, 0.25) is 0 Å². The van der Waals surface area contributed by atoms with Crippen LogP contribution in [0.25, 0.3) is 0 Å². The SMILES string of the molecule is Cn1c(CCBr)nc2c1C(=O)C=CC2=O. The van der Waals surface area contributed by atoms with Crippen LogP contribution in [0.15, 0.2) is 12.2 Å². The minimum atomic E-state index is -0.193. The lowest BCUT2D eigenvalue weighted by molar-refractivity contribution is 0.0987. The number of imidazole rings is 1. The topological polar surface area (TPSA) is 52.0 Å². The van der Waals surface area contributed by atoms with Crippen molar-refractivity contribution < 1.29 is 9.59 Å². The summed E-state index contributed by atoms with van der Waals surface area (Å²) in [6, 6.07) is 0. The Kier molecular flexibility index (Phi) is 2.56. The first-order chi connectivity index (χ1) is 7.15. The Morgan fingerprint density at radius 2 is 2.00 bits per heavy atom. The molecular formula is C10H9BrN2O2. The number of carbonyl (C=O) groups is 2. The van der Waals surface area contributed by atoms with E-state index in [1.807, 2.05) is 0 Å². The number of hydrogen-bond acceptors (Lipinski definition) is 3.